The van der Waals surface area contributed by atoms with Crippen LogP contribution in [0, 0.1) is 13.8 Å². The van der Waals surface area contributed by atoms with E-state index in [1.54, 1.807) is 6.07 Å². The highest BCUT2D eigenvalue weighted by Gasteiger charge is 2.20. The molecule has 3 aromatic rings. The lowest BCUT2D eigenvalue weighted by Gasteiger charge is -2.16. The van der Waals surface area contributed by atoms with Crippen molar-refractivity contribution in [3.63, 3.8) is 0 Å². The summed E-state index contributed by atoms with van der Waals surface area (Å²) in [4.78, 5) is 26.3. The zero-order valence-corrected chi connectivity index (χ0v) is 17.5. The van der Waals surface area contributed by atoms with Crippen LogP contribution in [0.15, 0.2) is 30.3 Å². The molecular formula is C22H26N6O2. The molecule has 0 radical (unpaired) electrons. The average Bonchev–Trinajstić information content (AvgIpc) is 3.41. The number of nitrogens with zero attached hydrogens (tertiary/aromatic N) is 4. The van der Waals surface area contributed by atoms with Crippen LogP contribution in [0.5, 0.6) is 0 Å². The Bertz CT molecular complexity index is 1100. The first kappa shape index (κ1) is 19.9. The van der Waals surface area contributed by atoms with E-state index in [9.17, 15) is 9.59 Å². The minimum Gasteiger partial charge on any atom is -0.347 e. The molecule has 0 aliphatic carbocycles. The van der Waals surface area contributed by atoms with Gasteiger partial charge in [-0.25, -0.2) is 0 Å². The van der Waals surface area contributed by atoms with E-state index in [0.29, 0.717) is 30.9 Å². The largest absolute Gasteiger partial charge is 0.347 e. The highest BCUT2D eigenvalue weighted by atomic mass is 16.2. The number of H-pyrrole nitrogens is 1. The highest BCUT2D eigenvalue weighted by Crippen LogP contribution is 2.25. The molecule has 4 rings (SSSR count). The molecule has 8 nitrogen and oxygen atoms in total. The summed E-state index contributed by atoms with van der Waals surface area (Å²) in [6.45, 7) is 5.75. The van der Waals surface area contributed by atoms with Crippen molar-refractivity contribution >= 4 is 11.8 Å². The average molecular weight is 406 g/mol. The van der Waals surface area contributed by atoms with E-state index in [4.69, 9.17) is 0 Å². The van der Waals surface area contributed by atoms with Gasteiger partial charge in [-0.1, -0.05) is 24.3 Å². The molecule has 1 aromatic carbocycles. The lowest BCUT2D eigenvalue weighted by Crippen LogP contribution is -2.24. The molecule has 0 bridgehead atoms. The van der Waals surface area contributed by atoms with Crippen molar-refractivity contribution < 1.29 is 9.59 Å². The summed E-state index contributed by atoms with van der Waals surface area (Å²) in [5.41, 5.74) is 6.00. The molecule has 0 atom stereocenters. The second-order valence-electron chi connectivity index (χ2n) is 7.76. The normalized spacial score (nSPS) is 13.8. The van der Waals surface area contributed by atoms with Crippen molar-refractivity contribution in [2.45, 2.75) is 39.8 Å². The molecule has 1 saturated heterocycles. The predicted molar refractivity (Wildman–Crippen MR) is 113 cm³/mol. The molecule has 1 aliphatic heterocycles. The second kappa shape index (κ2) is 8.14. The summed E-state index contributed by atoms with van der Waals surface area (Å²) < 4.78 is 1.81. The summed E-state index contributed by atoms with van der Waals surface area (Å²) in [5.74, 6) is -0.00378. The third-order valence-corrected chi connectivity index (χ3v) is 5.58. The lowest BCUT2D eigenvalue weighted by atomic mass is 10.1. The Balaban J connectivity index is 1.40. The minimum atomic E-state index is -0.215. The Morgan fingerprint density at radius 3 is 2.73 bits per heavy atom. The molecule has 8 heteroatoms. The first-order valence-electron chi connectivity index (χ1n) is 10.1. The highest BCUT2D eigenvalue weighted by molar-refractivity contribution is 5.93. The minimum absolute atomic E-state index is 0.211. The van der Waals surface area contributed by atoms with E-state index in [1.807, 2.05) is 54.7 Å². The topological polar surface area (TPSA) is 95.9 Å². The molecule has 1 aliphatic rings. The van der Waals surface area contributed by atoms with Gasteiger partial charge in [0.1, 0.15) is 5.69 Å². The number of carbonyl (C=O) groups is 2. The number of rotatable bonds is 6. The maximum Gasteiger partial charge on any atom is 0.269 e. The molecule has 1 fully saturated rings. The van der Waals surface area contributed by atoms with Crippen molar-refractivity contribution in [2.75, 3.05) is 6.54 Å². The Labute approximate surface area is 175 Å². The summed E-state index contributed by atoms with van der Waals surface area (Å²) >= 11 is 0. The Morgan fingerprint density at radius 1 is 1.23 bits per heavy atom. The maximum atomic E-state index is 12.6. The van der Waals surface area contributed by atoms with Crippen LogP contribution in [0.1, 0.15) is 45.8 Å². The van der Waals surface area contributed by atoms with Gasteiger partial charge in [-0.05, 0) is 37.5 Å². The number of aromatic amines is 1. The molecule has 0 saturated carbocycles. The quantitative estimate of drug-likeness (QED) is 0.657. The standard InChI is InChI=1S/C22H26N6O2/c1-14-21(15(2)27(3)26-14)18-11-19(25-24-18)22(30)23-12-16-6-4-7-17(10-16)13-28-9-5-8-20(28)29/h4,6-7,10-11H,5,8-9,12-13H2,1-3H3,(H,23,30)(H,24,25). The van der Waals surface area contributed by atoms with Gasteiger partial charge in [0.15, 0.2) is 0 Å². The van der Waals surface area contributed by atoms with E-state index in [0.717, 1.165) is 41.0 Å². The van der Waals surface area contributed by atoms with Gasteiger partial charge in [0, 0.05) is 44.4 Å². The number of hydrogen-bond acceptors (Lipinski definition) is 4. The van der Waals surface area contributed by atoms with Crippen LogP contribution < -0.4 is 5.32 Å². The third-order valence-electron chi connectivity index (χ3n) is 5.58. The van der Waals surface area contributed by atoms with E-state index in [2.05, 4.69) is 20.6 Å². The number of hydrogen-bond donors (Lipinski definition) is 2. The zero-order valence-electron chi connectivity index (χ0n) is 17.5. The monoisotopic (exact) mass is 406 g/mol. The van der Waals surface area contributed by atoms with Gasteiger partial charge in [-0.2, -0.15) is 10.2 Å². The number of likely N-dealkylation sites (tertiary alicyclic amines) is 1. The Morgan fingerprint density at radius 2 is 2.03 bits per heavy atom. The zero-order chi connectivity index (χ0) is 21.3. The van der Waals surface area contributed by atoms with Gasteiger partial charge in [0.25, 0.3) is 5.91 Å². The second-order valence-corrected chi connectivity index (χ2v) is 7.76. The first-order chi connectivity index (χ1) is 14.4. The van der Waals surface area contributed by atoms with Gasteiger partial charge < -0.3 is 10.2 Å². The van der Waals surface area contributed by atoms with Crippen LogP contribution in [-0.2, 0) is 24.9 Å². The molecule has 2 N–H and O–H groups in total. The summed E-state index contributed by atoms with van der Waals surface area (Å²) in [7, 11) is 1.89. The third kappa shape index (κ3) is 3.98. The van der Waals surface area contributed by atoms with E-state index in [1.165, 1.54) is 0 Å². The van der Waals surface area contributed by atoms with Gasteiger partial charge in [-0.15, -0.1) is 0 Å². The van der Waals surface area contributed by atoms with Crippen LogP contribution in [0.3, 0.4) is 0 Å². The van der Waals surface area contributed by atoms with Gasteiger partial charge >= 0.3 is 0 Å². The predicted octanol–water partition coefficient (Wildman–Crippen LogP) is 2.48. The number of aromatic nitrogens is 4. The van der Waals surface area contributed by atoms with Crippen LogP contribution in [0.2, 0.25) is 0 Å². The Kier molecular flexibility index (Phi) is 5.39. The summed E-state index contributed by atoms with van der Waals surface area (Å²) in [6, 6.07) is 9.72. The number of amides is 2. The first-order valence-corrected chi connectivity index (χ1v) is 10.1. The van der Waals surface area contributed by atoms with Crippen molar-refractivity contribution in [1.82, 2.24) is 30.2 Å². The fourth-order valence-electron chi connectivity index (χ4n) is 3.92. The molecule has 2 aromatic heterocycles. The molecule has 0 unspecified atom stereocenters. The summed E-state index contributed by atoms with van der Waals surface area (Å²) in [6.07, 6.45) is 1.57. The van der Waals surface area contributed by atoms with E-state index < -0.39 is 0 Å². The molecule has 30 heavy (non-hydrogen) atoms. The number of benzene rings is 1. The van der Waals surface area contributed by atoms with Crippen LogP contribution in [-0.4, -0.2) is 43.2 Å². The molecule has 156 valence electrons. The number of aryl methyl sites for hydroxylation is 2. The maximum absolute atomic E-state index is 12.6. The van der Waals surface area contributed by atoms with Gasteiger partial charge in [-0.3, -0.25) is 19.4 Å². The van der Waals surface area contributed by atoms with E-state index >= 15 is 0 Å². The van der Waals surface area contributed by atoms with Crippen LogP contribution >= 0.6 is 0 Å². The molecule has 0 spiro atoms. The van der Waals surface area contributed by atoms with Crippen molar-refractivity contribution in [3.8, 4) is 11.3 Å². The fourth-order valence-corrected chi connectivity index (χ4v) is 3.92. The lowest BCUT2D eigenvalue weighted by molar-refractivity contribution is -0.128. The molecule has 3 heterocycles. The molecule has 2 amide bonds. The smallest absolute Gasteiger partial charge is 0.269 e. The molecular weight excluding hydrogens is 380 g/mol. The summed E-state index contributed by atoms with van der Waals surface area (Å²) in [5, 5.41) is 14.5. The Hall–Kier alpha value is -3.42. The number of carbonyl (C=O) groups excluding carboxylic acids is 2. The van der Waals surface area contributed by atoms with Crippen molar-refractivity contribution in [2.24, 2.45) is 7.05 Å². The fraction of sp³-hybridized carbons (Fsp3) is 0.364. The van der Waals surface area contributed by atoms with Gasteiger partial charge in [0.2, 0.25) is 5.91 Å². The SMILES string of the molecule is Cc1nn(C)c(C)c1-c1cc(C(=O)NCc2cccc(CN3CCCC3=O)c2)[nH]n1. The van der Waals surface area contributed by atoms with Crippen LogP contribution in [0.25, 0.3) is 11.3 Å². The number of nitrogens with one attached hydrogen (secondary N) is 2. The van der Waals surface area contributed by atoms with E-state index in [-0.39, 0.29) is 11.8 Å². The van der Waals surface area contributed by atoms with Crippen molar-refractivity contribution in [3.05, 3.63) is 58.5 Å². The van der Waals surface area contributed by atoms with Crippen LogP contribution in [0.4, 0.5) is 0 Å². The van der Waals surface area contributed by atoms with Gasteiger partial charge in [0.05, 0.1) is 11.4 Å². The van der Waals surface area contributed by atoms with Crippen molar-refractivity contribution in [1.29, 1.82) is 0 Å².